The Morgan fingerprint density at radius 2 is 1.28 bits per heavy atom. The zero-order valence-corrected chi connectivity index (χ0v) is 23.3. The Labute approximate surface area is 218 Å². The third-order valence-corrected chi connectivity index (χ3v) is 12.8. The molecule has 1 fully saturated rings. The monoisotopic (exact) mass is 502 g/mol. The number of benzene rings is 3. The molecule has 0 radical (unpaired) electrons. The Balaban J connectivity index is 1.52. The van der Waals surface area contributed by atoms with E-state index in [1.807, 2.05) is 6.07 Å². The van der Waals surface area contributed by atoms with Gasteiger partial charge in [0, 0.05) is 6.10 Å². The zero-order valence-electron chi connectivity index (χ0n) is 22.3. The van der Waals surface area contributed by atoms with Gasteiger partial charge in [0.2, 0.25) is 0 Å². The second-order valence-electron chi connectivity index (χ2n) is 11.0. The predicted molar refractivity (Wildman–Crippen MR) is 151 cm³/mol. The highest BCUT2D eigenvalue weighted by Gasteiger charge is 2.51. The van der Waals surface area contributed by atoms with E-state index in [-0.39, 0.29) is 30.0 Å². The molecular weight excluding hydrogens is 460 g/mol. The van der Waals surface area contributed by atoms with Crippen molar-refractivity contribution in [3.05, 3.63) is 96.1 Å². The first-order valence-corrected chi connectivity index (χ1v) is 15.4. The van der Waals surface area contributed by atoms with E-state index in [0.29, 0.717) is 0 Å². The summed E-state index contributed by atoms with van der Waals surface area (Å²) in [6.07, 6.45) is 4.88. The minimum absolute atomic E-state index is 0.00943. The fourth-order valence-electron chi connectivity index (χ4n) is 5.84. The lowest BCUT2D eigenvalue weighted by Gasteiger charge is -2.46. The van der Waals surface area contributed by atoms with E-state index in [4.69, 9.17) is 9.16 Å². The Morgan fingerprint density at radius 3 is 1.78 bits per heavy atom. The van der Waals surface area contributed by atoms with Gasteiger partial charge >= 0.3 is 0 Å². The van der Waals surface area contributed by atoms with E-state index in [1.165, 1.54) is 15.9 Å². The molecule has 3 aromatic carbocycles. The molecule has 0 aromatic heterocycles. The molecule has 0 aliphatic heterocycles. The van der Waals surface area contributed by atoms with Crippen LogP contribution in [-0.2, 0) is 15.6 Å². The van der Waals surface area contributed by atoms with Crippen molar-refractivity contribution in [2.75, 3.05) is 6.61 Å². The Hall–Kier alpha value is -2.24. The predicted octanol–water partition coefficient (Wildman–Crippen LogP) is 6.19. The third-order valence-electron chi connectivity index (χ3n) is 7.69. The summed E-state index contributed by atoms with van der Waals surface area (Å²) in [6, 6.07) is 30.1. The maximum absolute atomic E-state index is 10.1. The number of hydrogen-bond acceptors (Lipinski definition) is 3. The van der Waals surface area contributed by atoms with Crippen molar-refractivity contribution in [1.82, 2.24) is 0 Å². The van der Waals surface area contributed by atoms with Gasteiger partial charge in [0.25, 0.3) is 8.32 Å². The Morgan fingerprint density at radius 1 is 0.778 bits per heavy atom. The summed E-state index contributed by atoms with van der Waals surface area (Å²) in [7, 11) is -2.54. The molecule has 1 saturated carbocycles. The largest absolute Gasteiger partial charge is 0.404 e. The van der Waals surface area contributed by atoms with Crippen LogP contribution < -0.4 is 10.4 Å². The van der Waals surface area contributed by atoms with Crippen LogP contribution in [0.2, 0.25) is 5.04 Å². The molecule has 3 aromatic rings. The first-order valence-electron chi connectivity index (χ1n) is 13.5. The van der Waals surface area contributed by atoms with Gasteiger partial charge in [-0.25, -0.2) is 0 Å². The van der Waals surface area contributed by atoms with Crippen molar-refractivity contribution < 1.29 is 14.3 Å². The molecule has 1 aliphatic carbocycles. The minimum atomic E-state index is -2.54. The molecule has 4 heteroatoms. The highest BCUT2D eigenvalue weighted by Crippen LogP contribution is 2.40. The molecule has 0 saturated heterocycles. The normalized spacial score (nSPS) is 19.7. The van der Waals surface area contributed by atoms with E-state index < -0.39 is 8.32 Å². The standard InChI is InChI=1S/C32H42O3Si/c1-5-25-14-12-13-19-30(25)31(24-33)34-26-20-22-27(23-21-26)35-36(32(2,3)4,28-15-8-6-9-16-28)29-17-10-7-11-18-29/h6-19,26-27,31,33H,5,20-24H2,1-4H3. The summed E-state index contributed by atoms with van der Waals surface area (Å²) >= 11 is 0. The smallest absolute Gasteiger partial charge is 0.261 e. The minimum Gasteiger partial charge on any atom is -0.404 e. The topological polar surface area (TPSA) is 38.7 Å². The number of aliphatic hydroxyl groups excluding tert-OH is 1. The van der Waals surface area contributed by atoms with E-state index >= 15 is 0 Å². The lowest BCUT2D eigenvalue weighted by molar-refractivity contribution is -0.0670. The van der Waals surface area contributed by atoms with Crippen LogP contribution in [0.4, 0.5) is 0 Å². The molecule has 1 aliphatic rings. The van der Waals surface area contributed by atoms with Crippen molar-refractivity contribution in [3.8, 4) is 0 Å². The maximum Gasteiger partial charge on any atom is 0.261 e. The van der Waals surface area contributed by atoms with E-state index in [1.54, 1.807) is 0 Å². The van der Waals surface area contributed by atoms with Gasteiger partial charge in [-0.15, -0.1) is 0 Å². The van der Waals surface area contributed by atoms with Crippen molar-refractivity contribution >= 4 is 18.7 Å². The first kappa shape index (κ1) is 26.8. The summed E-state index contributed by atoms with van der Waals surface area (Å²) in [5, 5.41) is 12.8. The molecule has 3 nitrogen and oxygen atoms in total. The van der Waals surface area contributed by atoms with Crippen LogP contribution in [0.5, 0.6) is 0 Å². The molecule has 1 N–H and O–H groups in total. The van der Waals surface area contributed by atoms with Crippen LogP contribution in [-0.4, -0.2) is 32.2 Å². The molecule has 1 unspecified atom stereocenters. The van der Waals surface area contributed by atoms with Crippen LogP contribution in [0.15, 0.2) is 84.9 Å². The van der Waals surface area contributed by atoms with Gasteiger partial charge in [-0.2, -0.15) is 0 Å². The van der Waals surface area contributed by atoms with Crippen LogP contribution in [0, 0.1) is 0 Å². The summed E-state index contributed by atoms with van der Waals surface area (Å²) < 4.78 is 13.8. The van der Waals surface area contributed by atoms with Crippen molar-refractivity contribution in [2.24, 2.45) is 0 Å². The van der Waals surface area contributed by atoms with Gasteiger partial charge in [-0.1, -0.05) is 113 Å². The lowest BCUT2D eigenvalue weighted by Crippen LogP contribution is -2.67. The van der Waals surface area contributed by atoms with Crippen LogP contribution >= 0.6 is 0 Å². The lowest BCUT2D eigenvalue weighted by atomic mass is 9.94. The fraction of sp³-hybridized carbons (Fsp3) is 0.438. The molecule has 0 amide bonds. The van der Waals surface area contributed by atoms with Crippen LogP contribution in [0.3, 0.4) is 0 Å². The third kappa shape index (κ3) is 5.68. The summed E-state index contributed by atoms with van der Waals surface area (Å²) in [4.78, 5) is 0. The molecule has 36 heavy (non-hydrogen) atoms. The fourth-order valence-corrected chi connectivity index (χ4v) is 10.6. The average Bonchev–Trinajstić information content (AvgIpc) is 2.91. The number of aliphatic hydroxyl groups is 1. The first-order chi connectivity index (χ1) is 17.4. The molecule has 1 atom stereocenters. The Bertz CT molecular complexity index is 1030. The summed E-state index contributed by atoms with van der Waals surface area (Å²) in [5.74, 6) is 0. The summed E-state index contributed by atoms with van der Waals surface area (Å²) in [5.41, 5.74) is 2.37. The van der Waals surface area contributed by atoms with E-state index in [2.05, 4.69) is 107 Å². The van der Waals surface area contributed by atoms with Crippen molar-refractivity contribution in [1.29, 1.82) is 0 Å². The molecule has 0 heterocycles. The van der Waals surface area contributed by atoms with Crippen molar-refractivity contribution in [2.45, 2.75) is 83.1 Å². The SMILES string of the molecule is CCc1ccccc1C(CO)OC1CCC(O[Si](c2ccccc2)(c2ccccc2)C(C)(C)C)CC1. The van der Waals surface area contributed by atoms with Crippen LogP contribution in [0.1, 0.15) is 70.6 Å². The second kappa shape index (κ2) is 11.9. The molecule has 0 bridgehead atoms. The van der Waals surface area contributed by atoms with Gasteiger partial charge in [-0.05, 0) is 58.6 Å². The van der Waals surface area contributed by atoms with E-state index in [0.717, 1.165) is 37.7 Å². The molecule has 192 valence electrons. The number of rotatable bonds is 9. The molecule has 4 rings (SSSR count). The van der Waals surface area contributed by atoms with Gasteiger partial charge in [0.15, 0.2) is 0 Å². The highest BCUT2D eigenvalue weighted by molar-refractivity contribution is 6.99. The van der Waals surface area contributed by atoms with Gasteiger partial charge < -0.3 is 14.3 Å². The average molecular weight is 503 g/mol. The Kier molecular flexibility index (Phi) is 8.84. The van der Waals surface area contributed by atoms with Crippen molar-refractivity contribution in [3.63, 3.8) is 0 Å². The van der Waals surface area contributed by atoms with E-state index in [9.17, 15) is 5.11 Å². The quantitative estimate of drug-likeness (QED) is 0.355. The number of aryl methyl sites for hydroxylation is 1. The van der Waals surface area contributed by atoms with Gasteiger partial charge in [-0.3, -0.25) is 0 Å². The molecule has 0 spiro atoms. The zero-order chi connectivity index (χ0) is 25.6. The summed E-state index contributed by atoms with van der Waals surface area (Å²) in [6.45, 7) is 9.18. The van der Waals surface area contributed by atoms with Gasteiger partial charge in [0.1, 0.15) is 6.10 Å². The maximum atomic E-state index is 10.1. The molecular formula is C32H42O3Si. The highest BCUT2D eigenvalue weighted by atomic mass is 28.4. The van der Waals surface area contributed by atoms with Crippen LogP contribution in [0.25, 0.3) is 0 Å². The second-order valence-corrected chi connectivity index (χ2v) is 15.3. The number of hydrogen-bond donors (Lipinski definition) is 1. The number of ether oxygens (including phenoxy) is 1. The van der Waals surface area contributed by atoms with Gasteiger partial charge in [0.05, 0.1) is 12.7 Å².